The maximum Gasteiger partial charge on any atom is 0.297 e. The molecule has 1 amide bonds. The second kappa shape index (κ2) is 5.22. The van der Waals surface area contributed by atoms with E-state index in [0.29, 0.717) is 0 Å². The third kappa shape index (κ3) is 2.81. The summed E-state index contributed by atoms with van der Waals surface area (Å²) in [5, 5.41) is 6.77. The molecule has 0 aliphatic carbocycles. The molecule has 0 fully saturated rings. The van der Waals surface area contributed by atoms with Crippen LogP contribution >= 0.6 is 0 Å². The summed E-state index contributed by atoms with van der Waals surface area (Å²) >= 11 is 0. The highest BCUT2D eigenvalue weighted by molar-refractivity contribution is 6.03. The molecular weight excluding hydrogens is 240 g/mol. The van der Waals surface area contributed by atoms with Crippen LogP contribution in [0.1, 0.15) is 41.8 Å². The molecule has 0 aliphatic heterocycles. The van der Waals surface area contributed by atoms with Crippen LogP contribution in [0, 0.1) is 6.92 Å². The van der Waals surface area contributed by atoms with Gasteiger partial charge in [-0.3, -0.25) is 9.89 Å². The summed E-state index contributed by atoms with van der Waals surface area (Å²) in [6, 6.07) is 7.76. The van der Waals surface area contributed by atoms with Crippen LogP contribution in [-0.4, -0.2) is 28.1 Å². The van der Waals surface area contributed by atoms with E-state index in [1.807, 2.05) is 45.0 Å². The van der Waals surface area contributed by atoms with E-state index in [1.165, 1.54) is 0 Å². The molecule has 5 heteroatoms. The Kier molecular flexibility index (Phi) is 3.64. The molecular formula is C14H18N4O. The number of rotatable bonds is 3. The molecule has 1 heterocycles. The van der Waals surface area contributed by atoms with Crippen LogP contribution in [0.2, 0.25) is 0 Å². The summed E-state index contributed by atoms with van der Waals surface area (Å²) < 4.78 is 0. The molecule has 2 rings (SSSR count). The van der Waals surface area contributed by atoms with Gasteiger partial charge in [-0.1, -0.05) is 26.0 Å². The number of nitrogens with one attached hydrogen (secondary N) is 1. The smallest absolute Gasteiger partial charge is 0.297 e. The highest BCUT2D eigenvalue weighted by atomic mass is 16.2. The van der Waals surface area contributed by atoms with Crippen molar-refractivity contribution in [2.24, 2.45) is 0 Å². The number of hydrogen-bond donors (Lipinski definition) is 1. The molecule has 0 radical (unpaired) electrons. The lowest BCUT2D eigenvalue weighted by Gasteiger charge is -2.15. The minimum Gasteiger partial charge on any atom is -0.309 e. The molecule has 2 aromatic rings. The molecule has 0 atom stereocenters. The molecule has 100 valence electrons. The maximum atomic E-state index is 12.3. The average molecular weight is 258 g/mol. The topological polar surface area (TPSA) is 61.9 Å². The molecule has 0 bridgehead atoms. The number of amides is 1. The van der Waals surface area contributed by atoms with Crippen LogP contribution in [0.25, 0.3) is 0 Å². The zero-order valence-corrected chi connectivity index (χ0v) is 11.6. The quantitative estimate of drug-likeness (QED) is 0.920. The molecule has 0 unspecified atom stereocenters. The summed E-state index contributed by atoms with van der Waals surface area (Å²) in [6.07, 6.45) is 0. The third-order valence-electron chi connectivity index (χ3n) is 2.93. The van der Waals surface area contributed by atoms with Crippen molar-refractivity contribution in [3.63, 3.8) is 0 Å². The first-order valence-corrected chi connectivity index (χ1v) is 6.26. The van der Waals surface area contributed by atoms with E-state index in [0.717, 1.165) is 17.1 Å². The molecule has 0 saturated carbocycles. The number of H-pyrrole nitrogens is 1. The van der Waals surface area contributed by atoms with Crippen molar-refractivity contribution in [3.05, 3.63) is 41.5 Å². The van der Waals surface area contributed by atoms with Gasteiger partial charge in [0.15, 0.2) is 0 Å². The number of aromatic nitrogens is 3. The zero-order chi connectivity index (χ0) is 14.0. The molecule has 0 saturated heterocycles. The lowest BCUT2D eigenvalue weighted by molar-refractivity contribution is 0.0983. The van der Waals surface area contributed by atoms with Gasteiger partial charge < -0.3 is 4.90 Å². The molecule has 5 nitrogen and oxygen atoms in total. The predicted molar refractivity (Wildman–Crippen MR) is 74.4 cm³/mol. The molecule has 1 aromatic heterocycles. The zero-order valence-electron chi connectivity index (χ0n) is 11.6. The Balaban J connectivity index is 2.23. The Hall–Kier alpha value is -2.17. The predicted octanol–water partition coefficient (Wildman–Crippen LogP) is 2.51. The minimum absolute atomic E-state index is 0.202. The van der Waals surface area contributed by atoms with E-state index < -0.39 is 0 Å². The second-order valence-electron chi connectivity index (χ2n) is 4.90. The van der Waals surface area contributed by atoms with Gasteiger partial charge in [-0.2, -0.15) is 0 Å². The fourth-order valence-electron chi connectivity index (χ4n) is 1.73. The number of aromatic amines is 1. The summed E-state index contributed by atoms with van der Waals surface area (Å²) in [5.74, 6) is 0.931. The Labute approximate surface area is 112 Å². The molecule has 19 heavy (non-hydrogen) atoms. The summed E-state index contributed by atoms with van der Waals surface area (Å²) in [5.41, 5.74) is 1.94. The summed E-state index contributed by atoms with van der Waals surface area (Å²) in [4.78, 5) is 18.0. The van der Waals surface area contributed by atoms with Crippen molar-refractivity contribution in [2.75, 3.05) is 11.9 Å². The van der Waals surface area contributed by atoms with Gasteiger partial charge in [-0.25, -0.2) is 4.98 Å². The molecule has 1 aromatic carbocycles. The standard InChI is InChI=1S/C14H18N4O/c1-9(2)12-15-13(17-16-12)14(19)18(4)11-7-5-6-10(3)8-11/h5-9H,1-4H3,(H,15,16,17). The average Bonchev–Trinajstić information content (AvgIpc) is 2.86. The van der Waals surface area contributed by atoms with E-state index >= 15 is 0 Å². The van der Waals surface area contributed by atoms with Crippen molar-refractivity contribution >= 4 is 11.6 Å². The Morgan fingerprint density at radius 1 is 1.37 bits per heavy atom. The van der Waals surface area contributed by atoms with Gasteiger partial charge in [-0.05, 0) is 24.6 Å². The Morgan fingerprint density at radius 2 is 2.11 bits per heavy atom. The maximum absolute atomic E-state index is 12.3. The van der Waals surface area contributed by atoms with Crippen LogP contribution in [0.3, 0.4) is 0 Å². The van der Waals surface area contributed by atoms with Crippen molar-refractivity contribution in [3.8, 4) is 0 Å². The minimum atomic E-state index is -0.214. The molecule has 0 aliphatic rings. The van der Waals surface area contributed by atoms with Gasteiger partial charge in [-0.15, -0.1) is 5.10 Å². The highest BCUT2D eigenvalue weighted by Gasteiger charge is 2.19. The van der Waals surface area contributed by atoms with Gasteiger partial charge in [0.2, 0.25) is 5.82 Å². The Bertz CT molecular complexity index is 589. The van der Waals surface area contributed by atoms with Gasteiger partial charge in [0, 0.05) is 18.7 Å². The summed E-state index contributed by atoms with van der Waals surface area (Å²) in [7, 11) is 1.72. The number of aryl methyl sites for hydroxylation is 1. The van der Waals surface area contributed by atoms with E-state index in [-0.39, 0.29) is 17.6 Å². The van der Waals surface area contributed by atoms with Crippen molar-refractivity contribution in [2.45, 2.75) is 26.7 Å². The van der Waals surface area contributed by atoms with Crippen LogP contribution < -0.4 is 4.90 Å². The van der Waals surface area contributed by atoms with Crippen LogP contribution in [0.5, 0.6) is 0 Å². The van der Waals surface area contributed by atoms with Gasteiger partial charge in [0.05, 0.1) is 0 Å². The first kappa shape index (κ1) is 13.3. The van der Waals surface area contributed by atoms with Crippen molar-refractivity contribution < 1.29 is 4.79 Å². The van der Waals surface area contributed by atoms with Gasteiger partial charge >= 0.3 is 0 Å². The lowest BCUT2D eigenvalue weighted by atomic mass is 10.2. The number of hydrogen-bond acceptors (Lipinski definition) is 3. The number of anilines is 1. The number of carbonyl (C=O) groups excluding carboxylic acids is 1. The summed E-state index contributed by atoms with van der Waals surface area (Å²) in [6.45, 7) is 5.99. The molecule has 0 spiro atoms. The SMILES string of the molecule is Cc1cccc(N(C)C(=O)c2n[nH]c(C(C)C)n2)c1. The van der Waals surface area contributed by atoms with E-state index in [9.17, 15) is 4.79 Å². The Morgan fingerprint density at radius 3 is 2.68 bits per heavy atom. The first-order chi connectivity index (χ1) is 8.99. The third-order valence-corrected chi connectivity index (χ3v) is 2.93. The van der Waals surface area contributed by atoms with Crippen molar-refractivity contribution in [1.82, 2.24) is 15.2 Å². The lowest BCUT2D eigenvalue weighted by Crippen LogP contribution is -2.27. The first-order valence-electron chi connectivity index (χ1n) is 6.26. The van der Waals surface area contributed by atoms with Crippen molar-refractivity contribution in [1.29, 1.82) is 0 Å². The fraction of sp³-hybridized carbons (Fsp3) is 0.357. The number of carbonyl (C=O) groups is 1. The van der Waals surface area contributed by atoms with E-state index in [4.69, 9.17) is 0 Å². The van der Waals surface area contributed by atoms with Gasteiger partial charge in [0.25, 0.3) is 5.91 Å². The van der Waals surface area contributed by atoms with Crippen LogP contribution in [0.15, 0.2) is 24.3 Å². The van der Waals surface area contributed by atoms with E-state index in [1.54, 1.807) is 11.9 Å². The second-order valence-corrected chi connectivity index (χ2v) is 4.90. The largest absolute Gasteiger partial charge is 0.309 e. The monoisotopic (exact) mass is 258 g/mol. The normalized spacial score (nSPS) is 10.8. The number of benzene rings is 1. The van der Waals surface area contributed by atoms with Crippen LogP contribution in [0.4, 0.5) is 5.69 Å². The van der Waals surface area contributed by atoms with E-state index in [2.05, 4.69) is 15.2 Å². The highest BCUT2D eigenvalue weighted by Crippen LogP contribution is 2.16. The van der Waals surface area contributed by atoms with Gasteiger partial charge in [0.1, 0.15) is 5.82 Å². The molecule has 1 N–H and O–H groups in total. The fourth-order valence-corrected chi connectivity index (χ4v) is 1.73. The van der Waals surface area contributed by atoms with Crippen LogP contribution in [-0.2, 0) is 0 Å². The number of nitrogens with zero attached hydrogens (tertiary/aromatic N) is 3.